The first kappa shape index (κ1) is 19.8. The topological polar surface area (TPSA) is 32.3 Å². The molecule has 0 unspecified atom stereocenters. The van der Waals surface area contributed by atoms with Crippen LogP contribution in [0.5, 0.6) is 0 Å². The third-order valence-corrected chi connectivity index (χ3v) is 6.22. The van der Waals surface area contributed by atoms with Crippen molar-refractivity contribution in [2.24, 2.45) is 0 Å². The van der Waals surface area contributed by atoms with E-state index in [1.165, 1.54) is 16.8 Å². The smallest absolute Gasteiger partial charge is 0.162 e. The largest absolute Gasteiger partial charge is 0.368 e. The van der Waals surface area contributed by atoms with E-state index in [4.69, 9.17) is 21.6 Å². The van der Waals surface area contributed by atoms with Crippen molar-refractivity contribution in [3.05, 3.63) is 82.9 Å². The van der Waals surface area contributed by atoms with Crippen LogP contribution in [0.2, 0.25) is 5.02 Å². The fourth-order valence-corrected chi connectivity index (χ4v) is 4.38. The van der Waals surface area contributed by atoms with E-state index in [-0.39, 0.29) is 0 Å². The summed E-state index contributed by atoms with van der Waals surface area (Å²) >= 11 is 6.26. The Morgan fingerprint density at radius 3 is 2.26 bits per heavy atom. The number of aryl methyl sites for hydroxylation is 2. The second-order valence-corrected chi connectivity index (χ2v) is 8.60. The first-order valence-electron chi connectivity index (χ1n) is 10.7. The van der Waals surface area contributed by atoms with Gasteiger partial charge in [-0.1, -0.05) is 59.6 Å². The molecule has 3 aromatic carbocycles. The highest BCUT2D eigenvalue weighted by molar-refractivity contribution is 6.30. The monoisotopic (exact) mass is 428 g/mol. The fraction of sp³-hybridized carbons (Fsp3) is 0.231. The molecule has 0 bridgehead atoms. The molecule has 5 rings (SSSR count). The average molecular weight is 429 g/mol. The maximum atomic E-state index is 6.26. The molecule has 4 nitrogen and oxygen atoms in total. The maximum Gasteiger partial charge on any atom is 0.162 e. The van der Waals surface area contributed by atoms with E-state index >= 15 is 0 Å². The summed E-state index contributed by atoms with van der Waals surface area (Å²) in [5, 5.41) is 1.89. The van der Waals surface area contributed by atoms with Gasteiger partial charge < -0.3 is 9.80 Å². The van der Waals surface area contributed by atoms with Crippen LogP contribution in [-0.4, -0.2) is 36.1 Å². The summed E-state index contributed by atoms with van der Waals surface area (Å²) in [4.78, 5) is 14.7. The molecule has 0 radical (unpaired) electrons. The lowest BCUT2D eigenvalue weighted by molar-refractivity contribution is 0.648. The zero-order valence-electron chi connectivity index (χ0n) is 17.8. The lowest BCUT2D eigenvalue weighted by Gasteiger charge is -2.38. The number of halogens is 1. The van der Waals surface area contributed by atoms with Gasteiger partial charge in [0.2, 0.25) is 0 Å². The van der Waals surface area contributed by atoms with Crippen LogP contribution >= 0.6 is 11.6 Å². The van der Waals surface area contributed by atoms with Gasteiger partial charge >= 0.3 is 0 Å². The van der Waals surface area contributed by atoms with Crippen LogP contribution in [0, 0.1) is 13.8 Å². The highest BCUT2D eigenvalue weighted by atomic mass is 35.5. The van der Waals surface area contributed by atoms with Crippen molar-refractivity contribution in [2.45, 2.75) is 13.8 Å². The Labute approximate surface area is 188 Å². The Kier molecular flexibility index (Phi) is 5.24. The Hall–Kier alpha value is -3.11. The van der Waals surface area contributed by atoms with Crippen LogP contribution in [0.1, 0.15) is 11.1 Å². The van der Waals surface area contributed by atoms with E-state index in [9.17, 15) is 0 Å². The van der Waals surface area contributed by atoms with E-state index in [1.54, 1.807) is 0 Å². The number of hydrogen-bond donors (Lipinski definition) is 0. The molecule has 0 aliphatic carbocycles. The third-order valence-electron chi connectivity index (χ3n) is 5.98. The number of anilines is 2. The minimum Gasteiger partial charge on any atom is -0.368 e. The molecule has 0 atom stereocenters. The zero-order chi connectivity index (χ0) is 21.4. The predicted octanol–water partition coefficient (Wildman–Crippen LogP) is 5.89. The molecule has 1 aliphatic heterocycles. The van der Waals surface area contributed by atoms with Gasteiger partial charge in [0.05, 0.1) is 5.52 Å². The van der Waals surface area contributed by atoms with Crippen molar-refractivity contribution >= 4 is 34.0 Å². The number of fused-ring (bicyclic) bond motifs is 1. The first-order chi connectivity index (χ1) is 15.1. The van der Waals surface area contributed by atoms with E-state index in [1.807, 2.05) is 12.1 Å². The second kappa shape index (κ2) is 8.20. The molecule has 1 saturated heterocycles. The third kappa shape index (κ3) is 3.96. The van der Waals surface area contributed by atoms with Crippen LogP contribution in [-0.2, 0) is 0 Å². The standard InChI is InChI=1S/C26H25ClN4/c1-18-7-10-20(11-8-18)25-28-23-6-4-3-5-22(23)26(29-25)31-15-13-30(14-16-31)24-17-21(27)12-9-19(24)2/h3-12,17H,13-16H2,1-2H3. The molecule has 1 aromatic heterocycles. The summed E-state index contributed by atoms with van der Waals surface area (Å²) in [5.41, 5.74) is 5.74. The molecule has 5 heteroatoms. The molecule has 1 fully saturated rings. The van der Waals surface area contributed by atoms with Crippen LogP contribution in [0.4, 0.5) is 11.5 Å². The maximum absolute atomic E-state index is 6.26. The normalized spacial score (nSPS) is 14.3. The summed E-state index contributed by atoms with van der Waals surface area (Å²) in [5.74, 6) is 1.80. The van der Waals surface area contributed by atoms with Gasteiger partial charge in [-0.2, -0.15) is 0 Å². The lowest BCUT2D eigenvalue weighted by atomic mass is 10.1. The Morgan fingerprint density at radius 1 is 0.774 bits per heavy atom. The van der Waals surface area contributed by atoms with Crippen molar-refractivity contribution in [1.82, 2.24) is 9.97 Å². The van der Waals surface area contributed by atoms with Gasteiger partial charge in [-0.3, -0.25) is 0 Å². The van der Waals surface area contributed by atoms with Crippen LogP contribution in [0.25, 0.3) is 22.3 Å². The number of nitrogens with zero attached hydrogens (tertiary/aromatic N) is 4. The van der Waals surface area contributed by atoms with E-state index < -0.39 is 0 Å². The molecule has 0 N–H and O–H groups in total. The molecule has 2 heterocycles. The Morgan fingerprint density at radius 2 is 1.48 bits per heavy atom. The zero-order valence-corrected chi connectivity index (χ0v) is 18.6. The molecular weight excluding hydrogens is 404 g/mol. The Bertz CT molecular complexity index is 1230. The highest BCUT2D eigenvalue weighted by Gasteiger charge is 2.22. The summed E-state index contributed by atoms with van der Waals surface area (Å²) in [6, 6.07) is 22.8. The number of benzene rings is 3. The second-order valence-electron chi connectivity index (χ2n) is 8.16. The Balaban J connectivity index is 1.47. The molecule has 31 heavy (non-hydrogen) atoms. The minimum atomic E-state index is 0.779. The summed E-state index contributed by atoms with van der Waals surface area (Å²) in [7, 11) is 0. The molecule has 4 aromatic rings. The van der Waals surface area contributed by atoms with Gasteiger partial charge in [-0.25, -0.2) is 9.97 Å². The summed E-state index contributed by atoms with van der Waals surface area (Å²) < 4.78 is 0. The van der Waals surface area contributed by atoms with Crippen molar-refractivity contribution < 1.29 is 0 Å². The number of hydrogen-bond acceptors (Lipinski definition) is 4. The van der Waals surface area contributed by atoms with Gasteiger partial charge in [0.1, 0.15) is 5.82 Å². The van der Waals surface area contributed by atoms with E-state index in [0.29, 0.717) is 0 Å². The number of aromatic nitrogens is 2. The minimum absolute atomic E-state index is 0.779. The lowest BCUT2D eigenvalue weighted by Crippen LogP contribution is -2.47. The van der Waals surface area contributed by atoms with Gasteiger partial charge in [-0.15, -0.1) is 0 Å². The van der Waals surface area contributed by atoms with Crippen molar-refractivity contribution in [2.75, 3.05) is 36.0 Å². The van der Waals surface area contributed by atoms with Gasteiger partial charge in [0, 0.05) is 47.8 Å². The van der Waals surface area contributed by atoms with Gasteiger partial charge in [0.25, 0.3) is 0 Å². The van der Waals surface area contributed by atoms with E-state index in [0.717, 1.165) is 59.3 Å². The number of piperazine rings is 1. The van der Waals surface area contributed by atoms with E-state index in [2.05, 4.69) is 78.2 Å². The number of para-hydroxylation sites is 1. The molecule has 156 valence electrons. The highest BCUT2D eigenvalue weighted by Crippen LogP contribution is 2.30. The van der Waals surface area contributed by atoms with Gasteiger partial charge in [0.15, 0.2) is 5.82 Å². The molecule has 1 aliphatic rings. The van der Waals surface area contributed by atoms with Crippen LogP contribution in [0.15, 0.2) is 66.7 Å². The predicted molar refractivity (Wildman–Crippen MR) is 130 cm³/mol. The molecule has 0 amide bonds. The van der Waals surface area contributed by atoms with Gasteiger partial charge in [-0.05, 0) is 43.7 Å². The average Bonchev–Trinajstić information content (AvgIpc) is 2.80. The van der Waals surface area contributed by atoms with Crippen LogP contribution < -0.4 is 9.80 Å². The quantitative estimate of drug-likeness (QED) is 0.407. The van der Waals surface area contributed by atoms with Crippen molar-refractivity contribution in [1.29, 1.82) is 0 Å². The summed E-state index contributed by atoms with van der Waals surface area (Å²) in [6.45, 7) is 7.90. The summed E-state index contributed by atoms with van der Waals surface area (Å²) in [6.07, 6.45) is 0. The van der Waals surface area contributed by atoms with Crippen LogP contribution in [0.3, 0.4) is 0 Å². The van der Waals surface area contributed by atoms with Crippen molar-refractivity contribution in [3.8, 4) is 11.4 Å². The SMILES string of the molecule is Cc1ccc(-c2nc(N3CCN(c4cc(Cl)ccc4C)CC3)c3ccccc3n2)cc1. The molecule has 0 saturated carbocycles. The molecular formula is C26H25ClN4. The molecule has 0 spiro atoms. The fourth-order valence-electron chi connectivity index (χ4n) is 4.22. The van der Waals surface area contributed by atoms with Crippen molar-refractivity contribution in [3.63, 3.8) is 0 Å². The first-order valence-corrected chi connectivity index (χ1v) is 11.1. The number of rotatable bonds is 3.